The molecule has 11 heteroatoms. The number of carbonyl (C=O) groups excluding carboxylic acids is 1. The van der Waals surface area contributed by atoms with Crippen LogP contribution in [0, 0.1) is 17.2 Å². The second kappa shape index (κ2) is 10.3. The third kappa shape index (κ3) is 5.18. The molecule has 3 aromatic rings. The van der Waals surface area contributed by atoms with Crippen LogP contribution in [0.3, 0.4) is 0 Å². The molecule has 2 unspecified atom stereocenters. The minimum absolute atomic E-state index is 0.0208. The largest absolute Gasteiger partial charge is 0.493 e. The SMILES string of the molecule is CN(CCCOc1ccc(-c2cc3c(ncn3C)c(C#N)n2)cc1C(F)(F)F)C(=O)CN1CC2CCC1C2. The summed E-state index contributed by atoms with van der Waals surface area (Å²) >= 11 is 0. The van der Waals surface area contributed by atoms with Crippen LogP contribution in [-0.4, -0.2) is 69.6 Å². The zero-order valence-corrected chi connectivity index (χ0v) is 21.3. The molecule has 0 spiro atoms. The van der Waals surface area contributed by atoms with E-state index in [1.807, 2.05) is 6.07 Å². The molecule has 1 aromatic carbocycles. The molecule has 1 saturated heterocycles. The number of piperidine rings is 1. The lowest BCUT2D eigenvalue weighted by Crippen LogP contribution is -2.42. The van der Waals surface area contributed by atoms with Crippen LogP contribution in [0.25, 0.3) is 22.3 Å². The van der Waals surface area contributed by atoms with Crippen LogP contribution in [0.1, 0.15) is 36.9 Å². The van der Waals surface area contributed by atoms with E-state index >= 15 is 0 Å². The minimum atomic E-state index is -4.65. The van der Waals surface area contributed by atoms with Crippen LogP contribution >= 0.6 is 0 Å². The molecule has 1 aliphatic carbocycles. The minimum Gasteiger partial charge on any atom is -0.493 e. The Morgan fingerprint density at radius 3 is 2.79 bits per heavy atom. The van der Waals surface area contributed by atoms with Crippen LogP contribution < -0.4 is 4.74 Å². The molecule has 2 bridgehead atoms. The Morgan fingerprint density at radius 1 is 1.29 bits per heavy atom. The summed E-state index contributed by atoms with van der Waals surface area (Å²) in [6, 6.07) is 7.84. The van der Waals surface area contributed by atoms with E-state index in [9.17, 15) is 23.2 Å². The number of alkyl halides is 3. The van der Waals surface area contributed by atoms with E-state index in [1.165, 1.54) is 31.3 Å². The molecule has 0 radical (unpaired) electrons. The highest BCUT2D eigenvalue weighted by Crippen LogP contribution is 2.39. The maximum atomic E-state index is 13.9. The summed E-state index contributed by atoms with van der Waals surface area (Å²) in [5.41, 5.74) is 0.560. The van der Waals surface area contributed by atoms with Crippen LogP contribution in [0.5, 0.6) is 5.75 Å². The highest BCUT2D eigenvalue weighted by atomic mass is 19.4. The Bertz CT molecular complexity index is 1400. The summed E-state index contributed by atoms with van der Waals surface area (Å²) in [6.07, 6.45) is 0.859. The van der Waals surface area contributed by atoms with Crippen molar-refractivity contribution >= 4 is 16.9 Å². The van der Waals surface area contributed by atoms with Gasteiger partial charge in [-0.2, -0.15) is 18.4 Å². The Morgan fingerprint density at radius 2 is 2.11 bits per heavy atom. The van der Waals surface area contributed by atoms with Crippen molar-refractivity contribution in [3.8, 4) is 23.1 Å². The number of hydrogen-bond donors (Lipinski definition) is 0. The second-order valence-corrected chi connectivity index (χ2v) is 10.2. The number of pyridine rings is 1. The van der Waals surface area contributed by atoms with Crippen LogP contribution in [0.4, 0.5) is 13.2 Å². The third-order valence-corrected chi connectivity index (χ3v) is 7.58. The van der Waals surface area contributed by atoms with Crippen LogP contribution in [0.2, 0.25) is 0 Å². The predicted molar refractivity (Wildman–Crippen MR) is 134 cm³/mol. The number of likely N-dealkylation sites (N-methyl/N-ethyl adjacent to an activating group) is 1. The molecule has 2 aliphatic rings. The average molecular weight is 527 g/mol. The standard InChI is InChI=1S/C27H29F3N6O2/c1-34(25(37)15-36-14-17-4-6-19(36)10-17)8-3-9-38-24-7-5-18(11-20(24)27(28,29)30)21-12-23-26(22(13-31)33-21)32-16-35(23)2/h5,7,11-12,16-17,19H,3-4,6,8-10,14-15H2,1-2H3. The zero-order chi connectivity index (χ0) is 27.0. The first-order valence-electron chi connectivity index (χ1n) is 12.7. The Balaban J connectivity index is 1.24. The van der Waals surface area contributed by atoms with Crippen molar-refractivity contribution in [3.63, 3.8) is 0 Å². The lowest BCUT2D eigenvalue weighted by molar-refractivity contribution is -0.138. The molecule has 1 saturated carbocycles. The van der Waals surface area contributed by atoms with Gasteiger partial charge in [0.05, 0.1) is 36.3 Å². The number of imidazole rings is 1. The smallest absolute Gasteiger partial charge is 0.419 e. The Kier molecular flexibility index (Phi) is 7.01. The molecule has 0 N–H and O–H groups in total. The van der Waals surface area contributed by atoms with E-state index < -0.39 is 11.7 Å². The first kappa shape index (κ1) is 26.0. The molecule has 1 aliphatic heterocycles. The van der Waals surface area contributed by atoms with E-state index in [0.717, 1.165) is 19.0 Å². The number of halogens is 3. The fourth-order valence-electron chi connectivity index (χ4n) is 5.51. The van der Waals surface area contributed by atoms with Gasteiger partial charge < -0.3 is 14.2 Å². The number of aryl methyl sites for hydroxylation is 1. The van der Waals surface area contributed by atoms with Crippen molar-refractivity contribution in [2.75, 3.05) is 33.3 Å². The van der Waals surface area contributed by atoms with Crippen molar-refractivity contribution in [2.45, 2.75) is 37.9 Å². The fraction of sp³-hybridized carbons (Fsp3) is 0.481. The molecular formula is C27H29F3N6O2. The number of amides is 1. The van der Waals surface area contributed by atoms with Gasteiger partial charge in [-0.3, -0.25) is 9.69 Å². The fourth-order valence-corrected chi connectivity index (χ4v) is 5.51. The second-order valence-electron chi connectivity index (χ2n) is 10.2. The molecule has 2 aromatic heterocycles. The quantitative estimate of drug-likeness (QED) is 0.408. The number of hydrogen-bond acceptors (Lipinski definition) is 6. The maximum Gasteiger partial charge on any atom is 0.419 e. The van der Waals surface area contributed by atoms with E-state index in [-0.39, 0.29) is 35.2 Å². The van der Waals surface area contributed by atoms with Gasteiger partial charge in [-0.25, -0.2) is 9.97 Å². The van der Waals surface area contributed by atoms with Crippen LogP contribution in [-0.2, 0) is 18.0 Å². The highest BCUT2D eigenvalue weighted by molar-refractivity contribution is 5.84. The van der Waals surface area contributed by atoms with E-state index in [4.69, 9.17) is 4.74 Å². The Labute approximate surface area is 218 Å². The molecule has 2 atom stereocenters. The summed E-state index contributed by atoms with van der Waals surface area (Å²) in [5, 5.41) is 9.44. The highest BCUT2D eigenvalue weighted by Gasteiger charge is 2.38. The number of benzene rings is 1. The number of nitrogens with zero attached hydrogens (tertiary/aromatic N) is 6. The topological polar surface area (TPSA) is 87.3 Å². The molecule has 5 rings (SSSR count). The number of nitriles is 1. The molecule has 2 fully saturated rings. The zero-order valence-electron chi connectivity index (χ0n) is 21.3. The monoisotopic (exact) mass is 526 g/mol. The summed E-state index contributed by atoms with van der Waals surface area (Å²) in [6.45, 7) is 1.80. The molecule has 200 valence electrons. The summed E-state index contributed by atoms with van der Waals surface area (Å²) in [5.74, 6) is 0.445. The van der Waals surface area contributed by atoms with Gasteiger partial charge in [0.25, 0.3) is 0 Å². The van der Waals surface area contributed by atoms with Gasteiger partial charge in [-0.05, 0) is 55.9 Å². The van der Waals surface area contributed by atoms with Gasteiger partial charge in [-0.1, -0.05) is 0 Å². The van der Waals surface area contributed by atoms with Crippen molar-refractivity contribution in [1.82, 2.24) is 24.3 Å². The van der Waals surface area contributed by atoms with Gasteiger partial charge in [0.15, 0.2) is 5.69 Å². The van der Waals surface area contributed by atoms with E-state index in [2.05, 4.69) is 14.9 Å². The first-order chi connectivity index (χ1) is 18.1. The van der Waals surface area contributed by atoms with Crippen molar-refractivity contribution in [1.29, 1.82) is 5.26 Å². The summed E-state index contributed by atoms with van der Waals surface area (Å²) < 4.78 is 49.0. The molecule has 3 heterocycles. The van der Waals surface area contributed by atoms with Gasteiger partial charge in [0, 0.05) is 38.8 Å². The van der Waals surface area contributed by atoms with E-state index in [1.54, 1.807) is 29.6 Å². The first-order valence-corrected chi connectivity index (χ1v) is 12.7. The van der Waals surface area contributed by atoms with Gasteiger partial charge in [0.2, 0.25) is 5.91 Å². The van der Waals surface area contributed by atoms with Crippen LogP contribution in [0.15, 0.2) is 30.6 Å². The Hall–Kier alpha value is -3.65. The molecular weight excluding hydrogens is 497 g/mol. The van der Waals surface area contributed by atoms with Crippen molar-refractivity contribution in [2.24, 2.45) is 13.0 Å². The van der Waals surface area contributed by atoms with E-state index in [0.29, 0.717) is 42.5 Å². The summed E-state index contributed by atoms with van der Waals surface area (Å²) in [4.78, 5) is 24.8. The molecule has 1 amide bonds. The van der Waals surface area contributed by atoms with Gasteiger partial charge >= 0.3 is 6.18 Å². The predicted octanol–water partition coefficient (Wildman–Crippen LogP) is 4.24. The molecule has 8 nitrogen and oxygen atoms in total. The number of ether oxygens (including phenoxy) is 1. The normalized spacial score (nSPS) is 19.2. The molecule has 38 heavy (non-hydrogen) atoms. The lowest BCUT2D eigenvalue weighted by Gasteiger charge is -2.28. The van der Waals surface area contributed by atoms with Crippen molar-refractivity contribution in [3.05, 3.63) is 41.9 Å². The number of fused-ring (bicyclic) bond motifs is 3. The number of rotatable bonds is 8. The van der Waals surface area contributed by atoms with Gasteiger partial charge in [-0.15, -0.1) is 0 Å². The summed E-state index contributed by atoms with van der Waals surface area (Å²) in [7, 11) is 3.45. The number of carbonyl (C=O) groups is 1. The van der Waals surface area contributed by atoms with Gasteiger partial charge in [0.1, 0.15) is 17.3 Å². The average Bonchev–Trinajstić information content (AvgIpc) is 3.61. The number of aromatic nitrogens is 3. The maximum absolute atomic E-state index is 13.9. The third-order valence-electron chi connectivity index (χ3n) is 7.58. The number of likely N-dealkylation sites (tertiary alicyclic amines) is 1. The van der Waals surface area contributed by atoms with Crippen molar-refractivity contribution < 1.29 is 22.7 Å². The lowest BCUT2D eigenvalue weighted by atomic mass is 10.1.